The molecule has 2 unspecified atom stereocenters. The molecule has 0 aliphatic heterocycles. The van der Waals surface area contributed by atoms with Crippen molar-refractivity contribution < 1.29 is 59.6 Å². The molecule has 0 heterocycles. The molecule has 0 rings (SSSR count). The predicted octanol–water partition coefficient (Wildman–Crippen LogP) is 2.63. The van der Waals surface area contributed by atoms with Crippen molar-refractivity contribution in [2.45, 2.75) is 35.6 Å². The minimum absolute atomic E-state index is 0.113. The maximum Gasteiger partial charge on any atom is 0.460 e. The van der Waals surface area contributed by atoms with Crippen molar-refractivity contribution in [1.29, 1.82) is 0 Å². The molecule has 0 saturated heterocycles. The van der Waals surface area contributed by atoms with Gasteiger partial charge in [-0.15, -0.1) is 0 Å². The van der Waals surface area contributed by atoms with Crippen LogP contribution in [0.2, 0.25) is 0 Å². The lowest BCUT2D eigenvalue weighted by atomic mass is 9.89. The molecule has 0 radical (unpaired) electrons. The lowest BCUT2D eigenvalue weighted by Crippen LogP contribution is -2.64. The molecular formula is C11H13F9O4S. The minimum atomic E-state index is -7.11. The van der Waals surface area contributed by atoms with E-state index in [2.05, 4.69) is 0 Å². The van der Waals surface area contributed by atoms with Gasteiger partial charge in [-0.05, 0) is 0 Å². The maximum atomic E-state index is 13.8. The summed E-state index contributed by atoms with van der Waals surface area (Å²) in [5.41, 5.74) is 0. The van der Waals surface area contributed by atoms with Crippen molar-refractivity contribution in [2.24, 2.45) is 5.92 Å². The van der Waals surface area contributed by atoms with Gasteiger partial charge in [0.05, 0.1) is 25.6 Å². The Bertz CT molecular complexity index is 455. The molecule has 0 aromatic heterocycles. The molecule has 0 bridgehead atoms. The fourth-order valence-electron chi connectivity index (χ4n) is 1.68. The van der Waals surface area contributed by atoms with E-state index in [9.17, 15) is 44.3 Å². The van der Waals surface area contributed by atoms with Gasteiger partial charge in [0, 0.05) is 11.0 Å². The van der Waals surface area contributed by atoms with E-state index in [-0.39, 0.29) is 11.8 Å². The van der Waals surface area contributed by atoms with E-state index in [1.807, 2.05) is 0 Å². The van der Waals surface area contributed by atoms with Gasteiger partial charge >= 0.3 is 29.9 Å². The van der Waals surface area contributed by atoms with Crippen molar-refractivity contribution in [3.05, 3.63) is 0 Å². The Morgan fingerprint density at radius 2 is 1.36 bits per heavy atom. The molecule has 0 aliphatic rings. The third-order valence-electron chi connectivity index (χ3n) is 3.11. The highest BCUT2D eigenvalue weighted by Crippen LogP contribution is 2.56. The number of aliphatic carboxylic acids is 1. The summed E-state index contributed by atoms with van der Waals surface area (Å²) in [6, 6.07) is 0. The molecule has 25 heavy (non-hydrogen) atoms. The van der Waals surface area contributed by atoms with Gasteiger partial charge in [0.25, 0.3) is 0 Å². The number of aliphatic hydroxyl groups excluding tert-OH is 2. The predicted molar refractivity (Wildman–Crippen MR) is 67.1 cm³/mol. The summed E-state index contributed by atoms with van der Waals surface area (Å²) in [4.78, 5) is 10.3. The van der Waals surface area contributed by atoms with Crippen LogP contribution in [0.1, 0.15) is 6.42 Å². The van der Waals surface area contributed by atoms with Crippen molar-refractivity contribution in [3.8, 4) is 0 Å². The molecule has 4 nitrogen and oxygen atoms in total. The van der Waals surface area contributed by atoms with Gasteiger partial charge in [0.2, 0.25) is 0 Å². The van der Waals surface area contributed by atoms with E-state index in [4.69, 9.17) is 15.3 Å². The van der Waals surface area contributed by atoms with Gasteiger partial charge in [-0.25, -0.2) is 0 Å². The van der Waals surface area contributed by atoms with Crippen LogP contribution in [0.3, 0.4) is 0 Å². The zero-order chi connectivity index (χ0) is 20.3. The van der Waals surface area contributed by atoms with Crippen molar-refractivity contribution in [1.82, 2.24) is 0 Å². The van der Waals surface area contributed by atoms with Crippen LogP contribution in [0.5, 0.6) is 0 Å². The second-order valence-electron chi connectivity index (χ2n) is 4.79. The number of halogens is 9. The van der Waals surface area contributed by atoms with Gasteiger partial charge in [0.1, 0.15) is 0 Å². The molecule has 0 fully saturated rings. The number of carboxylic acid groups (broad SMARTS) is 1. The van der Waals surface area contributed by atoms with Crippen molar-refractivity contribution in [3.63, 3.8) is 0 Å². The average Bonchev–Trinajstić information content (AvgIpc) is 2.44. The monoisotopic (exact) mass is 412 g/mol. The van der Waals surface area contributed by atoms with Crippen LogP contribution < -0.4 is 0 Å². The van der Waals surface area contributed by atoms with Crippen LogP contribution in [0, 0.1) is 5.92 Å². The second-order valence-corrected chi connectivity index (χ2v) is 6.14. The Morgan fingerprint density at radius 3 is 1.68 bits per heavy atom. The van der Waals surface area contributed by atoms with Crippen LogP contribution in [0.25, 0.3) is 0 Å². The zero-order valence-electron chi connectivity index (χ0n) is 12.0. The molecule has 150 valence electrons. The Labute approximate surface area is 139 Å². The number of alkyl halides is 9. The fourth-order valence-corrected chi connectivity index (χ4v) is 2.87. The van der Waals surface area contributed by atoms with Crippen molar-refractivity contribution in [2.75, 3.05) is 19.0 Å². The standard InChI is InChI=1S/C11H13F9O4S/c12-8(13,9(14,15)10(16,17)11(18,19)20)5(3-21)6(4-22)25-2-1-7(23)24/h5-6,21-22H,1-4H2,(H,23,24). The van der Waals surface area contributed by atoms with Gasteiger partial charge in [-0.1, -0.05) is 0 Å². The minimum Gasteiger partial charge on any atom is -0.481 e. The summed E-state index contributed by atoms with van der Waals surface area (Å²) in [7, 11) is 0. The average molecular weight is 412 g/mol. The Morgan fingerprint density at radius 1 is 0.880 bits per heavy atom. The van der Waals surface area contributed by atoms with E-state index in [0.29, 0.717) is 0 Å². The SMILES string of the molecule is O=C(O)CCSC(CO)C(CO)C(F)(F)C(F)(F)C(F)(F)C(F)(F)F. The first-order valence-electron chi connectivity index (χ1n) is 6.33. The number of aliphatic hydroxyl groups is 2. The molecule has 0 aliphatic carbocycles. The lowest BCUT2D eigenvalue weighted by molar-refractivity contribution is -0.404. The zero-order valence-corrected chi connectivity index (χ0v) is 12.9. The number of thioether (sulfide) groups is 1. The number of hydrogen-bond donors (Lipinski definition) is 3. The van der Waals surface area contributed by atoms with E-state index in [0.717, 1.165) is 0 Å². The molecule has 0 aromatic carbocycles. The number of hydrogen-bond acceptors (Lipinski definition) is 4. The number of carboxylic acids is 1. The summed E-state index contributed by atoms with van der Waals surface area (Å²) in [5, 5.41) is 24.0. The first-order valence-corrected chi connectivity index (χ1v) is 7.38. The number of carbonyl (C=O) groups is 1. The summed E-state index contributed by atoms with van der Waals surface area (Å²) >= 11 is 0.113. The first-order chi connectivity index (χ1) is 11.1. The van der Waals surface area contributed by atoms with Gasteiger partial charge in [-0.3, -0.25) is 4.79 Å². The molecule has 0 saturated carbocycles. The molecule has 0 amide bonds. The summed E-state index contributed by atoms with van der Waals surface area (Å²) in [6.45, 7) is -3.36. The molecular weight excluding hydrogens is 399 g/mol. The normalized spacial score (nSPS) is 16.6. The largest absolute Gasteiger partial charge is 0.481 e. The molecule has 3 N–H and O–H groups in total. The molecule has 0 aromatic rings. The Hall–Kier alpha value is -0.890. The summed E-state index contributed by atoms with van der Waals surface area (Å²) in [5.74, 6) is -25.3. The van der Waals surface area contributed by atoms with E-state index in [1.165, 1.54) is 0 Å². The van der Waals surface area contributed by atoms with E-state index >= 15 is 0 Å². The highest BCUT2D eigenvalue weighted by molar-refractivity contribution is 7.99. The third kappa shape index (κ3) is 4.84. The highest BCUT2D eigenvalue weighted by atomic mass is 32.2. The smallest absolute Gasteiger partial charge is 0.460 e. The van der Waals surface area contributed by atoms with Gasteiger partial charge in [-0.2, -0.15) is 51.3 Å². The second kappa shape index (κ2) is 8.20. The molecule has 14 heteroatoms. The quantitative estimate of drug-likeness (QED) is 0.481. The fraction of sp³-hybridized carbons (Fsp3) is 0.909. The van der Waals surface area contributed by atoms with Crippen LogP contribution in [-0.4, -0.2) is 69.4 Å². The molecule has 2 atom stereocenters. The maximum absolute atomic E-state index is 13.8. The van der Waals surface area contributed by atoms with E-state index < -0.39 is 66.5 Å². The van der Waals surface area contributed by atoms with Crippen LogP contribution in [0.15, 0.2) is 0 Å². The summed E-state index contributed by atoms with van der Waals surface area (Å²) in [6.07, 6.45) is -7.69. The van der Waals surface area contributed by atoms with Gasteiger partial charge in [0.15, 0.2) is 0 Å². The van der Waals surface area contributed by atoms with Crippen LogP contribution in [0.4, 0.5) is 39.5 Å². The third-order valence-corrected chi connectivity index (χ3v) is 4.45. The van der Waals surface area contributed by atoms with Crippen LogP contribution in [-0.2, 0) is 4.79 Å². The lowest BCUT2D eigenvalue weighted by Gasteiger charge is -2.39. The van der Waals surface area contributed by atoms with Gasteiger partial charge < -0.3 is 15.3 Å². The Balaban J connectivity index is 5.69. The number of rotatable bonds is 10. The Kier molecular flexibility index (Phi) is 7.91. The van der Waals surface area contributed by atoms with Crippen LogP contribution >= 0.6 is 11.8 Å². The topological polar surface area (TPSA) is 77.8 Å². The summed E-state index contributed by atoms with van der Waals surface area (Å²) < 4.78 is 116. The molecule has 0 spiro atoms. The van der Waals surface area contributed by atoms with Crippen molar-refractivity contribution >= 4 is 17.7 Å². The highest BCUT2D eigenvalue weighted by Gasteiger charge is 2.83. The first kappa shape index (κ1) is 24.1. The van der Waals surface area contributed by atoms with E-state index in [1.54, 1.807) is 0 Å².